The predicted octanol–water partition coefficient (Wildman–Crippen LogP) is 3.85. The number of nitrogens with zero attached hydrogens (tertiary/aromatic N) is 2. The molecule has 6 heteroatoms. The molecule has 0 aliphatic rings. The Labute approximate surface area is 146 Å². The summed E-state index contributed by atoms with van der Waals surface area (Å²) in [4.78, 5) is 8.73. The van der Waals surface area contributed by atoms with Crippen LogP contribution < -0.4 is 20.1 Å². The van der Waals surface area contributed by atoms with Crippen molar-refractivity contribution in [3.05, 3.63) is 66.4 Å². The second-order valence-electron chi connectivity index (χ2n) is 5.28. The number of hydrogen-bond acceptors (Lipinski definition) is 6. The molecule has 0 unspecified atom stereocenters. The maximum Gasteiger partial charge on any atom is 0.224 e. The van der Waals surface area contributed by atoms with Crippen LogP contribution >= 0.6 is 0 Å². The first-order chi connectivity index (χ1) is 12.3. The van der Waals surface area contributed by atoms with Gasteiger partial charge in [0.15, 0.2) is 0 Å². The minimum Gasteiger partial charge on any atom is -0.497 e. The highest BCUT2D eigenvalue weighted by Gasteiger charge is 2.04. The highest BCUT2D eigenvalue weighted by Crippen LogP contribution is 2.20. The van der Waals surface area contributed by atoms with E-state index in [0.29, 0.717) is 18.3 Å². The molecule has 3 aromatic rings. The van der Waals surface area contributed by atoms with Crippen molar-refractivity contribution in [2.24, 2.45) is 0 Å². The van der Waals surface area contributed by atoms with E-state index in [1.807, 2.05) is 54.6 Å². The van der Waals surface area contributed by atoms with Gasteiger partial charge in [0, 0.05) is 24.0 Å². The van der Waals surface area contributed by atoms with Crippen molar-refractivity contribution in [2.75, 3.05) is 24.9 Å². The van der Waals surface area contributed by atoms with E-state index in [4.69, 9.17) is 9.47 Å². The minimum atomic E-state index is 0.546. The number of rotatable bonds is 7. The predicted molar refractivity (Wildman–Crippen MR) is 98.6 cm³/mol. The third-order valence-electron chi connectivity index (χ3n) is 3.65. The zero-order valence-corrected chi connectivity index (χ0v) is 14.2. The van der Waals surface area contributed by atoms with Crippen LogP contribution in [0.2, 0.25) is 0 Å². The van der Waals surface area contributed by atoms with Crippen LogP contribution in [0.25, 0.3) is 0 Å². The topological polar surface area (TPSA) is 68.3 Å². The van der Waals surface area contributed by atoms with Crippen molar-refractivity contribution >= 4 is 17.5 Å². The SMILES string of the molecule is COc1ccc(Nc2ccnc(NCc3ccccc3OC)n2)cc1. The zero-order valence-electron chi connectivity index (χ0n) is 14.2. The number of benzene rings is 2. The molecule has 2 aromatic carbocycles. The van der Waals surface area contributed by atoms with Crippen molar-refractivity contribution in [3.63, 3.8) is 0 Å². The van der Waals surface area contributed by atoms with Crippen molar-refractivity contribution < 1.29 is 9.47 Å². The van der Waals surface area contributed by atoms with Gasteiger partial charge in [-0.15, -0.1) is 0 Å². The highest BCUT2D eigenvalue weighted by atomic mass is 16.5. The third-order valence-corrected chi connectivity index (χ3v) is 3.65. The Kier molecular flexibility index (Phi) is 5.31. The van der Waals surface area contributed by atoms with Crippen LogP contribution in [0.3, 0.4) is 0 Å². The average Bonchev–Trinajstić information content (AvgIpc) is 2.67. The molecule has 0 atom stereocenters. The van der Waals surface area contributed by atoms with E-state index in [1.165, 1.54) is 0 Å². The third kappa shape index (κ3) is 4.38. The molecule has 0 saturated heterocycles. The number of para-hydroxylation sites is 1. The average molecular weight is 336 g/mol. The molecular formula is C19H20N4O2. The zero-order chi connectivity index (χ0) is 17.5. The molecule has 1 aromatic heterocycles. The van der Waals surface area contributed by atoms with Gasteiger partial charge in [0.25, 0.3) is 0 Å². The van der Waals surface area contributed by atoms with Crippen LogP contribution in [0.5, 0.6) is 11.5 Å². The van der Waals surface area contributed by atoms with Gasteiger partial charge in [-0.3, -0.25) is 0 Å². The first kappa shape index (κ1) is 16.6. The first-order valence-corrected chi connectivity index (χ1v) is 7.88. The van der Waals surface area contributed by atoms with Gasteiger partial charge >= 0.3 is 0 Å². The Morgan fingerprint density at radius 2 is 1.72 bits per heavy atom. The van der Waals surface area contributed by atoms with Gasteiger partial charge in [0.05, 0.1) is 14.2 Å². The van der Waals surface area contributed by atoms with Gasteiger partial charge in [-0.25, -0.2) is 4.98 Å². The number of aromatic nitrogens is 2. The highest BCUT2D eigenvalue weighted by molar-refractivity contribution is 5.57. The van der Waals surface area contributed by atoms with Crippen LogP contribution in [0.1, 0.15) is 5.56 Å². The Hall–Kier alpha value is -3.28. The summed E-state index contributed by atoms with van der Waals surface area (Å²) in [6, 6.07) is 17.3. The number of anilines is 3. The van der Waals surface area contributed by atoms with E-state index in [1.54, 1.807) is 20.4 Å². The Bertz CT molecular complexity index is 822. The standard InChI is InChI=1S/C19H20N4O2/c1-24-16-9-7-15(8-10-16)22-18-11-12-20-19(23-18)21-13-14-5-3-4-6-17(14)25-2/h3-12H,13H2,1-2H3,(H2,20,21,22,23). The summed E-state index contributed by atoms with van der Waals surface area (Å²) < 4.78 is 10.5. The molecule has 0 saturated carbocycles. The molecule has 0 fully saturated rings. The lowest BCUT2D eigenvalue weighted by atomic mass is 10.2. The van der Waals surface area contributed by atoms with Gasteiger partial charge in [-0.1, -0.05) is 18.2 Å². The quantitative estimate of drug-likeness (QED) is 0.683. The Morgan fingerprint density at radius 1 is 0.920 bits per heavy atom. The second-order valence-corrected chi connectivity index (χ2v) is 5.28. The molecule has 25 heavy (non-hydrogen) atoms. The largest absolute Gasteiger partial charge is 0.497 e. The fourth-order valence-electron chi connectivity index (χ4n) is 2.36. The van der Waals surface area contributed by atoms with E-state index in [-0.39, 0.29) is 0 Å². The van der Waals surface area contributed by atoms with Crippen molar-refractivity contribution in [1.29, 1.82) is 0 Å². The van der Waals surface area contributed by atoms with E-state index >= 15 is 0 Å². The van der Waals surface area contributed by atoms with Crippen LogP contribution in [0.15, 0.2) is 60.8 Å². The molecule has 0 spiro atoms. The van der Waals surface area contributed by atoms with Crippen molar-refractivity contribution in [1.82, 2.24) is 9.97 Å². The van der Waals surface area contributed by atoms with Crippen LogP contribution in [-0.4, -0.2) is 24.2 Å². The lowest BCUT2D eigenvalue weighted by Crippen LogP contribution is -2.06. The maximum absolute atomic E-state index is 5.35. The van der Waals surface area contributed by atoms with Crippen LogP contribution in [0.4, 0.5) is 17.5 Å². The summed E-state index contributed by atoms with van der Waals surface area (Å²) in [5.41, 5.74) is 1.97. The summed E-state index contributed by atoms with van der Waals surface area (Å²) >= 11 is 0. The Balaban J connectivity index is 1.66. The molecule has 0 aliphatic carbocycles. The molecule has 3 rings (SSSR count). The van der Waals surface area contributed by atoms with E-state index < -0.39 is 0 Å². The normalized spacial score (nSPS) is 10.2. The lowest BCUT2D eigenvalue weighted by molar-refractivity contribution is 0.410. The van der Waals surface area contributed by atoms with Gasteiger partial charge in [-0.2, -0.15) is 4.98 Å². The summed E-state index contributed by atoms with van der Waals surface area (Å²) in [6.07, 6.45) is 1.71. The number of ether oxygens (including phenoxy) is 2. The molecule has 0 amide bonds. The lowest BCUT2D eigenvalue weighted by Gasteiger charge is -2.11. The van der Waals surface area contributed by atoms with Crippen molar-refractivity contribution in [3.8, 4) is 11.5 Å². The number of nitrogens with one attached hydrogen (secondary N) is 2. The number of methoxy groups -OCH3 is 2. The first-order valence-electron chi connectivity index (χ1n) is 7.88. The summed E-state index contributed by atoms with van der Waals surface area (Å²) in [5, 5.41) is 6.46. The van der Waals surface area contributed by atoms with E-state index in [0.717, 1.165) is 22.7 Å². The molecule has 0 bridgehead atoms. The fourth-order valence-corrected chi connectivity index (χ4v) is 2.36. The summed E-state index contributed by atoms with van der Waals surface area (Å²) in [5.74, 6) is 2.90. The van der Waals surface area contributed by atoms with Gasteiger partial charge in [-0.05, 0) is 36.4 Å². The monoisotopic (exact) mass is 336 g/mol. The van der Waals surface area contributed by atoms with E-state index in [2.05, 4.69) is 20.6 Å². The fraction of sp³-hybridized carbons (Fsp3) is 0.158. The van der Waals surface area contributed by atoms with Gasteiger partial charge in [0.1, 0.15) is 17.3 Å². The second kappa shape index (κ2) is 8.01. The molecule has 2 N–H and O–H groups in total. The maximum atomic E-state index is 5.35. The van der Waals surface area contributed by atoms with Gasteiger partial charge < -0.3 is 20.1 Å². The van der Waals surface area contributed by atoms with Crippen LogP contribution in [-0.2, 0) is 6.54 Å². The minimum absolute atomic E-state index is 0.546. The molecule has 0 aliphatic heterocycles. The summed E-state index contributed by atoms with van der Waals surface area (Å²) in [7, 11) is 3.31. The molecule has 6 nitrogen and oxygen atoms in total. The molecular weight excluding hydrogens is 316 g/mol. The molecule has 0 radical (unpaired) electrons. The molecule has 1 heterocycles. The number of hydrogen-bond donors (Lipinski definition) is 2. The van der Waals surface area contributed by atoms with Crippen LogP contribution in [0, 0.1) is 0 Å². The summed E-state index contributed by atoms with van der Waals surface area (Å²) in [6.45, 7) is 0.579. The van der Waals surface area contributed by atoms with Gasteiger partial charge in [0.2, 0.25) is 5.95 Å². The van der Waals surface area contributed by atoms with Crippen molar-refractivity contribution in [2.45, 2.75) is 6.54 Å². The Morgan fingerprint density at radius 3 is 2.48 bits per heavy atom. The van der Waals surface area contributed by atoms with E-state index in [9.17, 15) is 0 Å². The molecule has 128 valence electrons. The smallest absolute Gasteiger partial charge is 0.224 e.